The Kier molecular flexibility index (Phi) is 9.42. The Hall–Kier alpha value is -2.75. The lowest BCUT2D eigenvalue weighted by molar-refractivity contribution is -0.121. The maximum atomic E-state index is 13.0. The number of carbonyl (C=O) groups excluding carboxylic acids is 1. The molecule has 35 heavy (non-hydrogen) atoms. The highest BCUT2D eigenvalue weighted by molar-refractivity contribution is 8.19. The number of ether oxygens (including phenoxy) is 2. The van der Waals surface area contributed by atoms with Crippen LogP contribution in [0, 0.1) is 0 Å². The molecule has 0 atom stereocenters. The minimum absolute atomic E-state index is 0.0160. The van der Waals surface area contributed by atoms with Crippen molar-refractivity contribution in [3.05, 3.63) is 70.6 Å². The van der Waals surface area contributed by atoms with Crippen molar-refractivity contribution in [2.24, 2.45) is 4.40 Å². The van der Waals surface area contributed by atoms with Crippen LogP contribution >= 0.6 is 23.4 Å². The quantitative estimate of drug-likeness (QED) is 0.207. The molecule has 0 N–H and O–H groups in total. The Balaban J connectivity index is 1.88. The summed E-state index contributed by atoms with van der Waals surface area (Å²) in [5.41, 5.74) is 0.707. The van der Waals surface area contributed by atoms with Gasteiger partial charge in [-0.3, -0.25) is 9.69 Å². The zero-order valence-electron chi connectivity index (χ0n) is 19.6. The molecule has 2 aromatic rings. The molecule has 0 radical (unpaired) electrons. The number of sulfonamides is 1. The van der Waals surface area contributed by atoms with E-state index in [0.29, 0.717) is 33.6 Å². The molecule has 0 unspecified atom stereocenters. The van der Waals surface area contributed by atoms with Crippen molar-refractivity contribution in [2.75, 3.05) is 20.3 Å². The monoisotopic (exact) mass is 534 g/mol. The summed E-state index contributed by atoms with van der Waals surface area (Å²) in [6.07, 6.45) is 6.33. The van der Waals surface area contributed by atoms with Gasteiger partial charge in [0.2, 0.25) is 0 Å². The van der Waals surface area contributed by atoms with Crippen LogP contribution in [0.25, 0.3) is 6.08 Å². The Bertz CT molecular complexity index is 1240. The average molecular weight is 535 g/mol. The van der Waals surface area contributed by atoms with Crippen molar-refractivity contribution >= 4 is 50.5 Å². The molecule has 3 rings (SSSR count). The molecule has 0 bridgehead atoms. The topological polar surface area (TPSA) is 85.3 Å². The Morgan fingerprint density at radius 2 is 1.89 bits per heavy atom. The summed E-state index contributed by atoms with van der Waals surface area (Å²) in [6.45, 7) is 6.50. The molecule has 7 nitrogen and oxygen atoms in total. The fourth-order valence-corrected chi connectivity index (χ4v) is 5.52. The summed E-state index contributed by atoms with van der Waals surface area (Å²) in [5, 5.41) is 0.465. The van der Waals surface area contributed by atoms with Gasteiger partial charge in [0.25, 0.3) is 15.9 Å². The normalized spacial score (nSPS) is 16.2. The number of halogens is 1. The molecule has 186 valence electrons. The van der Waals surface area contributed by atoms with Crippen LogP contribution in [0.4, 0.5) is 0 Å². The lowest BCUT2D eigenvalue weighted by atomic mass is 10.2. The SMILES string of the molecule is C=CCN1C(=O)/C(=C/c2ccc(OCCCCC)c(OC)c2)S/C1=N/S(=O)(=O)c1ccc(Cl)cc1. The highest BCUT2D eigenvalue weighted by Crippen LogP contribution is 2.35. The van der Waals surface area contributed by atoms with Crippen molar-refractivity contribution in [2.45, 2.75) is 31.1 Å². The van der Waals surface area contributed by atoms with Gasteiger partial charge < -0.3 is 9.47 Å². The number of amides is 1. The summed E-state index contributed by atoms with van der Waals surface area (Å²) in [7, 11) is -2.49. The van der Waals surface area contributed by atoms with Gasteiger partial charge in [0, 0.05) is 11.6 Å². The van der Waals surface area contributed by atoms with Gasteiger partial charge in [0.05, 0.1) is 23.5 Å². The molecule has 0 aromatic heterocycles. The van der Waals surface area contributed by atoms with Crippen LogP contribution in [-0.4, -0.2) is 44.7 Å². The maximum absolute atomic E-state index is 13.0. The molecule has 1 aliphatic heterocycles. The summed E-state index contributed by atoms with van der Waals surface area (Å²) >= 11 is 6.84. The van der Waals surface area contributed by atoms with Gasteiger partial charge in [0.1, 0.15) is 0 Å². The van der Waals surface area contributed by atoms with Gasteiger partial charge in [-0.1, -0.05) is 43.5 Å². The molecule has 1 aliphatic rings. The molecule has 1 amide bonds. The minimum atomic E-state index is -4.04. The first-order chi connectivity index (χ1) is 16.8. The van der Waals surface area contributed by atoms with Crippen LogP contribution in [0.5, 0.6) is 11.5 Å². The number of carbonyl (C=O) groups is 1. The second-order valence-corrected chi connectivity index (χ2v) is 10.6. The predicted molar refractivity (Wildman–Crippen MR) is 142 cm³/mol. The van der Waals surface area contributed by atoms with E-state index in [1.807, 2.05) is 6.07 Å². The van der Waals surface area contributed by atoms with Crippen molar-refractivity contribution < 1.29 is 22.7 Å². The lowest BCUT2D eigenvalue weighted by Gasteiger charge is -2.12. The molecule has 1 saturated heterocycles. The van der Waals surface area contributed by atoms with Gasteiger partial charge in [-0.05, 0) is 66.2 Å². The van der Waals surface area contributed by atoms with Crippen molar-refractivity contribution in [1.29, 1.82) is 0 Å². The Morgan fingerprint density at radius 1 is 1.14 bits per heavy atom. The second-order valence-electron chi connectivity index (χ2n) is 7.58. The van der Waals surface area contributed by atoms with Crippen molar-refractivity contribution in [1.82, 2.24) is 4.90 Å². The number of benzene rings is 2. The zero-order chi connectivity index (χ0) is 25.4. The van der Waals surface area contributed by atoms with E-state index >= 15 is 0 Å². The number of thioether (sulfide) groups is 1. The van der Waals surface area contributed by atoms with E-state index in [1.54, 1.807) is 25.3 Å². The molecule has 0 saturated carbocycles. The van der Waals surface area contributed by atoms with Crippen LogP contribution in [0.15, 0.2) is 69.3 Å². The van der Waals surface area contributed by atoms with Crippen molar-refractivity contribution in [3.63, 3.8) is 0 Å². The molecular weight excluding hydrogens is 508 g/mol. The van der Waals surface area contributed by atoms with E-state index in [0.717, 1.165) is 31.0 Å². The fourth-order valence-electron chi connectivity index (χ4n) is 3.21. The van der Waals surface area contributed by atoms with E-state index in [9.17, 15) is 13.2 Å². The van der Waals surface area contributed by atoms with Gasteiger partial charge in [-0.15, -0.1) is 11.0 Å². The molecule has 1 fully saturated rings. The van der Waals surface area contributed by atoms with Crippen molar-refractivity contribution in [3.8, 4) is 11.5 Å². The van der Waals surface area contributed by atoms with E-state index in [4.69, 9.17) is 21.1 Å². The summed E-state index contributed by atoms with van der Waals surface area (Å²) in [6, 6.07) is 11.1. The van der Waals surface area contributed by atoms with Gasteiger partial charge in [-0.25, -0.2) is 0 Å². The average Bonchev–Trinajstić information content (AvgIpc) is 3.11. The van der Waals surface area contributed by atoms with Crippen LogP contribution in [0.2, 0.25) is 5.02 Å². The maximum Gasteiger partial charge on any atom is 0.284 e. The lowest BCUT2D eigenvalue weighted by Crippen LogP contribution is -2.29. The molecule has 10 heteroatoms. The molecule has 0 spiro atoms. The number of nitrogens with zero attached hydrogens (tertiary/aromatic N) is 2. The molecule has 2 aromatic carbocycles. The fraction of sp³-hybridized carbons (Fsp3) is 0.280. The number of methoxy groups -OCH3 is 1. The Morgan fingerprint density at radius 3 is 2.54 bits per heavy atom. The molecule has 1 heterocycles. The van der Waals surface area contributed by atoms with E-state index in [-0.39, 0.29) is 22.5 Å². The highest BCUT2D eigenvalue weighted by atomic mass is 35.5. The van der Waals surface area contributed by atoms with Crippen LogP contribution in [0.1, 0.15) is 31.7 Å². The summed E-state index contributed by atoms with van der Waals surface area (Å²) < 4.78 is 40.8. The number of amidine groups is 1. The van der Waals surface area contributed by atoms with Crippen LogP contribution in [0.3, 0.4) is 0 Å². The molecule has 0 aliphatic carbocycles. The summed E-state index contributed by atoms with van der Waals surface area (Å²) in [5.74, 6) is 0.813. The zero-order valence-corrected chi connectivity index (χ0v) is 22.0. The number of unbranched alkanes of at least 4 members (excludes halogenated alkanes) is 2. The van der Waals surface area contributed by atoms with Gasteiger partial charge >= 0.3 is 0 Å². The number of rotatable bonds is 11. The number of hydrogen-bond donors (Lipinski definition) is 0. The largest absolute Gasteiger partial charge is 0.493 e. The van der Waals surface area contributed by atoms with E-state index in [1.165, 1.54) is 35.2 Å². The molecular formula is C25H27ClN2O5S2. The van der Waals surface area contributed by atoms with Crippen LogP contribution < -0.4 is 9.47 Å². The third-order valence-electron chi connectivity index (χ3n) is 5.00. The van der Waals surface area contributed by atoms with Gasteiger partial charge in [-0.2, -0.15) is 8.42 Å². The highest BCUT2D eigenvalue weighted by Gasteiger charge is 2.34. The Labute approximate surface area is 215 Å². The van der Waals surface area contributed by atoms with Gasteiger partial charge in [0.15, 0.2) is 16.7 Å². The first kappa shape index (κ1) is 26.8. The van der Waals surface area contributed by atoms with E-state index in [2.05, 4.69) is 17.9 Å². The minimum Gasteiger partial charge on any atom is -0.493 e. The van der Waals surface area contributed by atoms with Crippen LogP contribution in [-0.2, 0) is 14.8 Å². The standard InChI is InChI=1S/C25H27ClN2O5S2/c1-4-6-7-15-33-21-13-8-18(16-22(21)32-3)17-23-24(29)28(14-5-2)25(34-23)27-35(30,31)20-11-9-19(26)10-12-20/h5,8-13,16-17H,2,4,6-7,14-15H2,1,3H3/b23-17-,27-25+. The second kappa shape index (κ2) is 12.3. The smallest absolute Gasteiger partial charge is 0.284 e. The summed E-state index contributed by atoms with van der Waals surface area (Å²) in [4.78, 5) is 14.6. The third kappa shape index (κ3) is 6.90. The third-order valence-corrected chi connectivity index (χ3v) is 7.66. The van der Waals surface area contributed by atoms with E-state index < -0.39 is 10.0 Å². The number of hydrogen-bond acceptors (Lipinski definition) is 6. The first-order valence-electron chi connectivity index (χ1n) is 11.0. The predicted octanol–water partition coefficient (Wildman–Crippen LogP) is 5.76. The first-order valence-corrected chi connectivity index (χ1v) is 13.7.